The lowest BCUT2D eigenvalue weighted by atomic mass is 9.92. The number of nitrogens with zero attached hydrogens (tertiary/aromatic N) is 7. The summed E-state index contributed by atoms with van der Waals surface area (Å²) < 4.78 is 3.92. The molecule has 0 aliphatic carbocycles. The van der Waals surface area contributed by atoms with Crippen LogP contribution in [0.25, 0.3) is 0 Å². The Morgan fingerprint density at radius 3 is 2.96 bits per heavy atom. The number of hydrogen-bond acceptors (Lipinski definition) is 5. The molecule has 2 aromatic rings. The van der Waals surface area contributed by atoms with Gasteiger partial charge in [-0.15, -0.1) is 0 Å². The molecule has 2 aromatic heterocycles. The summed E-state index contributed by atoms with van der Waals surface area (Å²) in [6.07, 6.45) is 9.18. The second-order valence-corrected chi connectivity index (χ2v) is 7.24. The number of amides is 1. The van der Waals surface area contributed by atoms with Crippen molar-refractivity contribution in [2.24, 2.45) is 13.0 Å². The predicted octanol–water partition coefficient (Wildman–Crippen LogP) is 0.523. The van der Waals surface area contributed by atoms with E-state index in [0.29, 0.717) is 12.0 Å². The van der Waals surface area contributed by atoms with Crippen LogP contribution in [0.1, 0.15) is 25.6 Å². The molecular weight excluding hydrogens is 318 g/mol. The molecule has 0 aromatic carbocycles. The number of carbonyl (C=O) groups is 1. The van der Waals surface area contributed by atoms with Crippen molar-refractivity contribution < 1.29 is 4.79 Å². The third-order valence-electron chi connectivity index (χ3n) is 5.62. The van der Waals surface area contributed by atoms with Gasteiger partial charge in [0.25, 0.3) is 0 Å². The van der Waals surface area contributed by atoms with Crippen LogP contribution in [0.5, 0.6) is 0 Å². The van der Waals surface area contributed by atoms with Crippen molar-refractivity contribution in [2.75, 3.05) is 13.1 Å². The standard InChI is InChI=1S/C17H25N7O/c1-13(25)24-15(9-23-12-18-11-20-23)7-14-8-22(5-3-16(14)24)10-17-19-4-6-21(17)2/h4,6,11-12,14-16H,3,5,7-10H2,1-2H3/t14-,15+,16+/m0/s1. The van der Waals surface area contributed by atoms with E-state index < -0.39 is 0 Å². The number of piperidine rings is 1. The van der Waals surface area contributed by atoms with E-state index in [-0.39, 0.29) is 11.9 Å². The molecule has 0 radical (unpaired) electrons. The number of aryl methyl sites for hydroxylation is 1. The molecule has 2 aliphatic rings. The van der Waals surface area contributed by atoms with Crippen LogP contribution in [0.4, 0.5) is 0 Å². The molecule has 2 saturated heterocycles. The zero-order valence-corrected chi connectivity index (χ0v) is 14.8. The van der Waals surface area contributed by atoms with Crippen molar-refractivity contribution in [1.82, 2.24) is 34.1 Å². The topological polar surface area (TPSA) is 72.1 Å². The number of aromatic nitrogens is 5. The van der Waals surface area contributed by atoms with Gasteiger partial charge in [0, 0.05) is 45.5 Å². The quantitative estimate of drug-likeness (QED) is 0.809. The van der Waals surface area contributed by atoms with E-state index in [1.807, 2.05) is 24.1 Å². The fourth-order valence-corrected chi connectivity index (χ4v) is 4.52. The first-order valence-electron chi connectivity index (χ1n) is 8.91. The molecule has 0 N–H and O–H groups in total. The molecule has 0 bridgehead atoms. The first-order chi connectivity index (χ1) is 12.1. The predicted molar refractivity (Wildman–Crippen MR) is 91.3 cm³/mol. The molecule has 0 spiro atoms. The third kappa shape index (κ3) is 3.18. The second kappa shape index (κ2) is 6.59. The van der Waals surface area contributed by atoms with Crippen LogP contribution in [0.15, 0.2) is 25.0 Å². The summed E-state index contributed by atoms with van der Waals surface area (Å²) in [5, 5.41) is 4.21. The average Bonchev–Trinajstić information content (AvgIpc) is 3.28. The number of likely N-dealkylation sites (tertiary alicyclic amines) is 2. The summed E-state index contributed by atoms with van der Waals surface area (Å²) in [7, 11) is 2.04. The van der Waals surface area contributed by atoms with Crippen LogP contribution in [0.3, 0.4) is 0 Å². The van der Waals surface area contributed by atoms with Crippen LogP contribution in [0.2, 0.25) is 0 Å². The molecule has 2 fully saturated rings. The van der Waals surface area contributed by atoms with Crippen molar-refractivity contribution >= 4 is 5.91 Å². The Balaban J connectivity index is 1.45. The molecule has 0 saturated carbocycles. The molecule has 2 aliphatic heterocycles. The van der Waals surface area contributed by atoms with Crippen LogP contribution in [-0.4, -0.2) is 65.2 Å². The highest BCUT2D eigenvalue weighted by Gasteiger charge is 2.45. The number of carbonyl (C=O) groups excluding carboxylic acids is 1. The maximum absolute atomic E-state index is 12.3. The lowest BCUT2D eigenvalue weighted by molar-refractivity contribution is -0.133. The SMILES string of the molecule is CC(=O)N1[C@@H](Cn2cncn2)C[C@H]2CN(Cc3nccn3C)CC[C@H]21. The van der Waals surface area contributed by atoms with E-state index in [9.17, 15) is 4.79 Å². The monoisotopic (exact) mass is 343 g/mol. The molecule has 25 heavy (non-hydrogen) atoms. The number of rotatable bonds is 4. The molecule has 3 atom stereocenters. The lowest BCUT2D eigenvalue weighted by Gasteiger charge is -2.38. The maximum Gasteiger partial charge on any atom is 0.220 e. The van der Waals surface area contributed by atoms with Crippen LogP contribution < -0.4 is 0 Å². The first-order valence-corrected chi connectivity index (χ1v) is 8.91. The van der Waals surface area contributed by atoms with Crippen LogP contribution >= 0.6 is 0 Å². The van der Waals surface area contributed by atoms with Gasteiger partial charge in [-0.1, -0.05) is 0 Å². The summed E-state index contributed by atoms with van der Waals surface area (Å²) in [4.78, 5) is 25.3. The second-order valence-electron chi connectivity index (χ2n) is 7.24. The van der Waals surface area contributed by atoms with E-state index in [2.05, 4.69) is 29.4 Å². The first kappa shape index (κ1) is 16.3. The maximum atomic E-state index is 12.3. The van der Waals surface area contributed by atoms with Gasteiger partial charge in [0.2, 0.25) is 5.91 Å². The van der Waals surface area contributed by atoms with Gasteiger partial charge < -0.3 is 9.47 Å². The van der Waals surface area contributed by atoms with E-state index in [1.54, 1.807) is 19.6 Å². The number of hydrogen-bond donors (Lipinski definition) is 0. The Kier molecular flexibility index (Phi) is 4.29. The Labute approximate surface area is 147 Å². The van der Waals surface area contributed by atoms with Crippen molar-refractivity contribution in [3.05, 3.63) is 30.9 Å². The molecular formula is C17H25N7O. The summed E-state index contributed by atoms with van der Waals surface area (Å²) in [6.45, 7) is 5.33. The molecule has 0 unspecified atom stereocenters. The highest BCUT2D eigenvalue weighted by Crippen LogP contribution is 2.36. The summed E-state index contributed by atoms with van der Waals surface area (Å²) in [6, 6.07) is 0.561. The van der Waals surface area contributed by atoms with Gasteiger partial charge in [-0.05, 0) is 18.8 Å². The highest BCUT2D eigenvalue weighted by molar-refractivity contribution is 5.74. The number of fused-ring (bicyclic) bond motifs is 1. The number of imidazole rings is 1. The van der Waals surface area contributed by atoms with E-state index in [0.717, 1.165) is 44.8 Å². The third-order valence-corrected chi connectivity index (χ3v) is 5.62. The molecule has 8 heteroatoms. The summed E-state index contributed by atoms with van der Waals surface area (Å²) in [5.74, 6) is 1.79. The minimum Gasteiger partial charge on any atom is -0.337 e. The van der Waals surface area contributed by atoms with Gasteiger partial charge in [-0.25, -0.2) is 9.97 Å². The normalized spacial score (nSPS) is 26.8. The average molecular weight is 343 g/mol. The Bertz CT molecular complexity index is 725. The van der Waals surface area contributed by atoms with Gasteiger partial charge >= 0.3 is 0 Å². The van der Waals surface area contributed by atoms with Crippen molar-refractivity contribution in [2.45, 2.75) is 44.9 Å². The van der Waals surface area contributed by atoms with Crippen LogP contribution in [0, 0.1) is 5.92 Å². The van der Waals surface area contributed by atoms with Gasteiger partial charge in [0.15, 0.2) is 0 Å². The minimum absolute atomic E-state index is 0.176. The van der Waals surface area contributed by atoms with Crippen LogP contribution in [-0.2, 0) is 24.9 Å². The van der Waals surface area contributed by atoms with Gasteiger partial charge in [-0.3, -0.25) is 14.4 Å². The summed E-state index contributed by atoms with van der Waals surface area (Å²) >= 11 is 0. The molecule has 4 rings (SSSR count). The van der Waals surface area contributed by atoms with Crippen molar-refractivity contribution in [1.29, 1.82) is 0 Å². The van der Waals surface area contributed by atoms with Gasteiger partial charge in [-0.2, -0.15) is 5.10 Å². The minimum atomic E-state index is 0.176. The highest BCUT2D eigenvalue weighted by atomic mass is 16.2. The van der Waals surface area contributed by atoms with E-state index >= 15 is 0 Å². The summed E-state index contributed by atoms with van der Waals surface area (Å²) in [5.41, 5.74) is 0. The van der Waals surface area contributed by atoms with E-state index in [1.165, 1.54) is 0 Å². The Morgan fingerprint density at radius 1 is 1.40 bits per heavy atom. The van der Waals surface area contributed by atoms with E-state index in [4.69, 9.17) is 0 Å². The van der Waals surface area contributed by atoms with Crippen molar-refractivity contribution in [3.63, 3.8) is 0 Å². The Hall–Kier alpha value is -2.22. The zero-order chi connectivity index (χ0) is 17.4. The van der Waals surface area contributed by atoms with Crippen molar-refractivity contribution in [3.8, 4) is 0 Å². The molecule has 4 heterocycles. The smallest absolute Gasteiger partial charge is 0.220 e. The fourth-order valence-electron chi connectivity index (χ4n) is 4.52. The molecule has 8 nitrogen and oxygen atoms in total. The Morgan fingerprint density at radius 2 is 2.28 bits per heavy atom. The van der Waals surface area contributed by atoms with Gasteiger partial charge in [0.1, 0.15) is 18.5 Å². The largest absolute Gasteiger partial charge is 0.337 e. The molecule has 1 amide bonds. The zero-order valence-electron chi connectivity index (χ0n) is 14.8. The van der Waals surface area contributed by atoms with Gasteiger partial charge in [0.05, 0.1) is 19.1 Å². The molecule has 134 valence electrons. The lowest BCUT2D eigenvalue weighted by Crippen LogP contribution is -2.48. The fraction of sp³-hybridized carbons (Fsp3) is 0.647.